The number of nitrogens with zero attached hydrogens (tertiary/aromatic N) is 3. The summed E-state index contributed by atoms with van der Waals surface area (Å²) in [6.45, 7) is 0. The Labute approximate surface area is 144 Å². The Balaban J connectivity index is 1.59. The highest BCUT2D eigenvalue weighted by Crippen LogP contribution is 2.33. The van der Waals surface area contributed by atoms with Crippen molar-refractivity contribution in [1.29, 1.82) is 0 Å². The minimum absolute atomic E-state index is 0.0432. The van der Waals surface area contributed by atoms with Gasteiger partial charge in [0.2, 0.25) is 11.8 Å². The number of ether oxygens (including phenoxy) is 1. The Morgan fingerprint density at radius 3 is 2.80 bits per heavy atom. The molecule has 2 aromatic heterocycles. The number of hydrogen-bond acceptors (Lipinski definition) is 6. The first-order chi connectivity index (χ1) is 12.1. The van der Waals surface area contributed by atoms with Crippen molar-refractivity contribution in [3.8, 4) is 5.88 Å². The van der Waals surface area contributed by atoms with Crippen molar-refractivity contribution in [3.05, 3.63) is 40.4 Å². The Bertz CT molecular complexity index is 871. The van der Waals surface area contributed by atoms with Gasteiger partial charge in [-0.25, -0.2) is 4.98 Å². The fraction of sp³-hybridized carbons (Fsp3) is 0.412. The van der Waals surface area contributed by atoms with E-state index in [4.69, 9.17) is 10.5 Å². The molecule has 0 aliphatic heterocycles. The monoisotopic (exact) mass is 341 g/mol. The van der Waals surface area contributed by atoms with Crippen LogP contribution in [-0.2, 0) is 0 Å². The number of anilines is 2. The van der Waals surface area contributed by atoms with E-state index in [0.717, 1.165) is 32.1 Å². The van der Waals surface area contributed by atoms with Gasteiger partial charge in [0, 0.05) is 18.4 Å². The number of carbonyl (C=O) groups is 1. The van der Waals surface area contributed by atoms with Crippen molar-refractivity contribution in [3.63, 3.8) is 0 Å². The largest absolute Gasteiger partial charge is 0.474 e. The van der Waals surface area contributed by atoms with E-state index >= 15 is 0 Å². The molecule has 2 saturated carbocycles. The first kappa shape index (κ1) is 15.6. The zero-order valence-electron chi connectivity index (χ0n) is 13.6. The number of nitrogens with one attached hydrogen (secondary N) is 1. The van der Waals surface area contributed by atoms with Crippen LogP contribution in [0.15, 0.2) is 29.3 Å². The van der Waals surface area contributed by atoms with Crippen LogP contribution in [0, 0.1) is 0 Å². The molecule has 25 heavy (non-hydrogen) atoms. The van der Waals surface area contributed by atoms with Crippen LogP contribution in [0.2, 0.25) is 0 Å². The summed E-state index contributed by atoms with van der Waals surface area (Å²) in [5.41, 5.74) is 5.80. The Hall–Kier alpha value is -2.90. The zero-order chi connectivity index (χ0) is 17.4. The van der Waals surface area contributed by atoms with Crippen molar-refractivity contribution in [2.45, 2.75) is 44.2 Å². The van der Waals surface area contributed by atoms with Crippen molar-refractivity contribution in [1.82, 2.24) is 14.5 Å². The standard InChI is InChI=1S/C17H19N5O3/c18-17-19-9-12(15(21-17)25-11-3-1-4-11)14(23)20-13-5-2-8-22(16(13)24)10-6-7-10/h2,5,8-11H,1,3-4,6-7H2,(H,20,23)(H2,18,19,21). The van der Waals surface area contributed by atoms with Gasteiger partial charge in [0.05, 0.1) is 0 Å². The number of rotatable bonds is 5. The highest BCUT2D eigenvalue weighted by molar-refractivity contribution is 6.05. The molecule has 0 bridgehead atoms. The lowest BCUT2D eigenvalue weighted by Gasteiger charge is -2.26. The second-order valence-corrected chi connectivity index (χ2v) is 6.44. The number of nitrogen functional groups attached to an aromatic ring is 1. The maximum atomic E-state index is 12.6. The van der Waals surface area contributed by atoms with Gasteiger partial charge in [-0.05, 0) is 44.2 Å². The molecule has 1 amide bonds. The summed E-state index contributed by atoms with van der Waals surface area (Å²) in [5, 5.41) is 2.65. The van der Waals surface area contributed by atoms with Gasteiger partial charge in [0.15, 0.2) is 0 Å². The average Bonchev–Trinajstić information content (AvgIpc) is 3.38. The Morgan fingerprint density at radius 2 is 2.12 bits per heavy atom. The minimum atomic E-state index is -0.486. The molecule has 0 atom stereocenters. The van der Waals surface area contributed by atoms with Crippen molar-refractivity contribution in [2.75, 3.05) is 11.1 Å². The van der Waals surface area contributed by atoms with E-state index in [1.165, 1.54) is 6.20 Å². The van der Waals surface area contributed by atoms with E-state index in [-0.39, 0.29) is 40.8 Å². The van der Waals surface area contributed by atoms with Gasteiger partial charge in [0.1, 0.15) is 17.4 Å². The third-order valence-electron chi connectivity index (χ3n) is 4.51. The maximum absolute atomic E-state index is 12.6. The molecule has 4 rings (SSSR count). The van der Waals surface area contributed by atoms with Gasteiger partial charge in [0.25, 0.3) is 11.5 Å². The van der Waals surface area contributed by atoms with Crippen LogP contribution in [0.25, 0.3) is 0 Å². The highest BCUT2D eigenvalue weighted by Gasteiger charge is 2.26. The number of aromatic nitrogens is 3. The molecular formula is C17H19N5O3. The third kappa shape index (κ3) is 3.19. The van der Waals surface area contributed by atoms with Crippen LogP contribution in [0.4, 0.5) is 11.6 Å². The second-order valence-electron chi connectivity index (χ2n) is 6.44. The second kappa shape index (κ2) is 6.19. The summed E-state index contributed by atoms with van der Waals surface area (Å²) in [6, 6.07) is 3.58. The molecular weight excluding hydrogens is 322 g/mol. The molecule has 8 nitrogen and oxygen atoms in total. The summed E-state index contributed by atoms with van der Waals surface area (Å²) in [4.78, 5) is 33.0. The number of carbonyl (C=O) groups excluding carboxylic acids is 1. The highest BCUT2D eigenvalue weighted by atomic mass is 16.5. The lowest BCUT2D eigenvalue weighted by Crippen LogP contribution is -2.28. The van der Waals surface area contributed by atoms with Crippen molar-refractivity contribution < 1.29 is 9.53 Å². The molecule has 0 radical (unpaired) electrons. The van der Waals surface area contributed by atoms with Gasteiger partial charge in [-0.3, -0.25) is 9.59 Å². The molecule has 2 heterocycles. The number of pyridine rings is 1. The molecule has 0 saturated heterocycles. The van der Waals surface area contributed by atoms with E-state index in [2.05, 4.69) is 15.3 Å². The molecule has 130 valence electrons. The van der Waals surface area contributed by atoms with Gasteiger partial charge in [-0.15, -0.1) is 0 Å². The van der Waals surface area contributed by atoms with Gasteiger partial charge in [-0.1, -0.05) is 0 Å². The van der Waals surface area contributed by atoms with Crippen LogP contribution >= 0.6 is 0 Å². The normalized spacial score (nSPS) is 17.0. The summed E-state index contributed by atoms with van der Waals surface area (Å²) >= 11 is 0. The molecule has 0 aromatic carbocycles. The lowest BCUT2D eigenvalue weighted by molar-refractivity contribution is 0.0979. The van der Waals surface area contributed by atoms with Crippen molar-refractivity contribution in [2.24, 2.45) is 0 Å². The number of nitrogens with two attached hydrogens (primary N) is 1. The topological polar surface area (TPSA) is 112 Å². The molecule has 2 fully saturated rings. The van der Waals surface area contributed by atoms with Crippen LogP contribution in [-0.4, -0.2) is 26.5 Å². The van der Waals surface area contributed by atoms with E-state index in [1.54, 1.807) is 22.9 Å². The van der Waals surface area contributed by atoms with E-state index in [1.807, 2.05) is 0 Å². The predicted molar refractivity (Wildman–Crippen MR) is 91.6 cm³/mol. The van der Waals surface area contributed by atoms with Crippen molar-refractivity contribution >= 4 is 17.5 Å². The summed E-state index contributed by atoms with van der Waals surface area (Å²) in [6.07, 6.45) is 8.04. The molecule has 2 aliphatic carbocycles. The molecule has 2 aromatic rings. The SMILES string of the molecule is Nc1ncc(C(=O)Nc2cccn(C3CC3)c2=O)c(OC2CCC2)n1. The fourth-order valence-corrected chi connectivity index (χ4v) is 2.71. The summed E-state index contributed by atoms with van der Waals surface area (Å²) in [7, 11) is 0. The van der Waals surface area contributed by atoms with Crippen LogP contribution < -0.4 is 21.3 Å². The van der Waals surface area contributed by atoms with E-state index in [9.17, 15) is 9.59 Å². The smallest absolute Gasteiger partial charge is 0.274 e. The van der Waals surface area contributed by atoms with Crippen LogP contribution in [0.1, 0.15) is 48.5 Å². The first-order valence-electron chi connectivity index (χ1n) is 8.43. The molecule has 8 heteroatoms. The van der Waals surface area contributed by atoms with E-state index in [0.29, 0.717) is 0 Å². The summed E-state index contributed by atoms with van der Waals surface area (Å²) < 4.78 is 7.40. The molecule has 2 aliphatic rings. The minimum Gasteiger partial charge on any atom is -0.474 e. The number of amides is 1. The van der Waals surface area contributed by atoms with Crippen LogP contribution in [0.5, 0.6) is 5.88 Å². The van der Waals surface area contributed by atoms with Gasteiger partial charge >= 0.3 is 0 Å². The lowest BCUT2D eigenvalue weighted by atomic mass is 9.96. The molecule has 0 unspecified atom stereocenters. The Kier molecular flexibility index (Phi) is 3.87. The van der Waals surface area contributed by atoms with E-state index < -0.39 is 5.91 Å². The van der Waals surface area contributed by atoms with Gasteiger partial charge in [-0.2, -0.15) is 4.98 Å². The Morgan fingerprint density at radius 1 is 1.32 bits per heavy atom. The fourth-order valence-electron chi connectivity index (χ4n) is 2.71. The predicted octanol–water partition coefficient (Wildman–Crippen LogP) is 1.74. The summed E-state index contributed by atoms with van der Waals surface area (Å²) in [5.74, 6) is -0.283. The first-order valence-corrected chi connectivity index (χ1v) is 8.43. The zero-order valence-corrected chi connectivity index (χ0v) is 13.6. The third-order valence-corrected chi connectivity index (χ3v) is 4.51. The average molecular weight is 341 g/mol. The molecule has 3 N–H and O–H groups in total. The van der Waals surface area contributed by atoms with Crippen LogP contribution in [0.3, 0.4) is 0 Å². The quantitative estimate of drug-likeness (QED) is 0.856. The van der Waals surface area contributed by atoms with Gasteiger partial charge < -0.3 is 20.4 Å². The number of hydrogen-bond donors (Lipinski definition) is 2. The maximum Gasteiger partial charge on any atom is 0.274 e. The molecule has 0 spiro atoms.